The standard InChI is InChI=1S/C9H14N2.2ClH/c1-3-8(10)9-5-4-7(2)6-11-9;;/h4-6,8H,3,10H2,1-2H3;2*1H. The maximum atomic E-state index is 5.78. The van der Waals surface area contributed by atoms with Gasteiger partial charge in [-0.15, -0.1) is 24.8 Å². The van der Waals surface area contributed by atoms with Crippen LogP contribution in [-0.4, -0.2) is 4.98 Å². The van der Waals surface area contributed by atoms with Crippen LogP contribution in [0.4, 0.5) is 0 Å². The van der Waals surface area contributed by atoms with E-state index in [-0.39, 0.29) is 30.9 Å². The van der Waals surface area contributed by atoms with Crippen LogP contribution in [0.15, 0.2) is 18.3 Å². The number of halogens is 2. The van der Waals surface area contributed by atoms with Crippen LogP contribution >= 0.6 is 24.8 Å². The van der Waals surface area contributed by atoms with Gasteiger partial charge in [-0.05, 0) is 25.0 Å². The summed E-state index contributed by atoms with van der Waals surface area (Å²) in [6, 6.07) is 4.12. The molecule has 1 aromatic heterocycles. The molecule has 0 spiro atoms. The molecule has 0 fully saturated rings. The van der Waals surface area contributed by atoms with Crippen LogP contribution in [0.2, 0.25) is 0 Å². The van der Waals surface area contributed by atoms with E-state index < -0.39 is 0 Å². The number of aryl methyl sites for hydroxylation is 1. The number of hydrogen-bond donors (Lipinski definition) is 1. The third-order valence-electron chi connectivity index (χ3n) is 1.75. The normalized spacial score (nSPS) is 11.0. The quantitative estimate of drug-likeness (QED) is 0.836. The van der Waals surface area contributed by atoms with Gasteiger partial charge >= 0.3 is 0 Å². The highest BCUT2D eigenvalue weighted by molar-refractivity contribution is 5.85. The summed E-state index contributed by atoms with van der Waals surface area (Å²) in [5.74, 6) is 0. The molecule has 76 valence electrons. The van der Waals surface area contributed by atoms with Crippen molar-refractivity contribution >= 4 is 24.8 Å². The van der Waals surface area contributed by atoms with Gasteiger partial charge in [-0.1, -0.05) is 13.0 Å². The van der Waals surface area contributed by atoms with E-state index in [4.69, 9.17) is 5.73 Å². The van der Waals surface area contributed by atoms with Gasteiger partial charge in [-0.25, -0.2) is 0 Å². The second kappa shape index (κ2) is 7.13. The van der Waals surface area contributed by atoms with Gasteiger partial charge < -0.3 is 5.73 Å². The minimum absolute atomic E-state index is 0. The van der Waals surface area contributed by atoms with Crippen LogP contribution < -0.4 is 5.73 Å². The Bertz CT molecular complexity index is 224. The summed E-state index contributed by atoms with van der Waals surface area (Å²) in [6.45, 7) is 4.08. The average Bonchev–Trinajstić information content (AvgIpc) is 2.05. The van der Waals surface area contributed by atoms with E-state index in [2.05, 4.69) is 11.9 Å². The molecule has 2 nitrogen and oxygen atoms in total. The fourth-order valence-corrected chi connectivity index (χ4v) is 0.908. The molecule has 0 radical (unpaired) electrons. The van der Waals surface area contributed by atoms with E-state index in [0.717, 1.165) is 12.1 Å². The van der Waals surface area contributed by atoms with Crippen molar-refractivity contribution in [2.75, 3.05) is 0 Å². The highest BCUT2D eigenvalue weighted by atomic mass is 35.5. The SMILES string of the molecule is CCC(N)c1ccc(C)cn1.Cl.Cl. The van der Waals surface area contributed by atoms with Gasteiger partial charge in [-0.2, -0.15) is 0 Å². The first kappa shape index (κ1) is 15.2. The summed E-state index contributed by atoms with van der Waals surface area (Å²) in [4.78, 5) is 4.22. The van der Waals surface area contributed by atoms with Crippen LogP contribution in [0.25, 0.3) is 0 Å². The molecule has 0 aliphatic heterocycles. The van der Waals surface area contributed by atoms with Gasteiger partial charge in [0.25, 0.3) is 0 Å². The molecule has 0 amide bonds. The molecule has 0 aliphatic rings. The number of hydrogen-bond acceptors (Lipinski definition) is 2. The van der Waals surface area contributed by atoms with E-state index in [9.17, 15) is 0 Å². The van der Waals surface area contributed by atoms with E-state index in [1.54, 1.807) is 0 Å². The molecule has 0 aromatic carbocycles. The number of nitrogens with zero attached hydrogens (tertiary/aromatic N) is 1. The van der Waals surface area contributed by atoms with E-state index in [1.807, 2.05) is 25.3 Å². The van der Waals surface area contributed by atoms with Gasteiger partial charge in [0.15, 0.2) is 0 Å². The maximum absolute atomic E-state index is 5.78. The van der Waals surface area contributed by atoms with Crippen molar-refractivity contribution in [3.63, 3.8) is 0 Å². The van der Waals surface area contributed by atoms with Crippen LogP contribution in [0.1, 0.15) is 30.6 Å². The summed E-state index contributed by atoms with van der Waals surface area (Å²) >= 11 is 0. The molecule has 1 unspecified atom stereocenters. The molecule has 0 bridgehead atoms. The van der Waals surface area contributed by atoms with Crippen LogP contribution in [0.3, 0.4) is 0 Å². The van der Waals surface area contributed by atoms with Crippen molar-refractivity contribution in [2.45, 2.75) is 26.3 Å². The molecule has 0 saturated heterocycles. The molecule has 1 heterocycles. The zero-order valence-electron chi connectivity index (χ0n) is 7.86. The fourth-order valence-electron chi connectivity index (χ4n) is 0.908. The van der Waals surface area contributed by atoms with Gasteiger partial charge in [0, 0.05) is 12.2 Å². The minimum atomic E-state index is 0. The number of nitrogens with two attached hydrogens (primary N) is 1. The van der Waals surface area contributed by atoms with Gasteiger partial charge in [-0.3, -0.25) is 4.98 Å². The van der Waals surface area contributed by atoms with Crippen LogP contribution in [-0.2, 0) is 0 Å². The molecule has 0 aliphatic carbocycles. The van der Waals surface area contributed by atoms with E-state index >= 15 is 0 Å². The first-order valence-electron chi connectivity index (χ1n) is 3.92. The molecule has 1 aromatic rings. The lowest BCUT2D eigenvalue weighted by atomic mass is 10.1. The predicted molar refractivity (Wildman–Crippen MR) is 60.7 cm³/mol. The fraction of sp³-hybridized carbons (Fsp3) is 0.444. The topological polar surface area (TPSA) is 38.9 Å². The summed E-state index contributed by atoms with van der Waals surface area (Å²) in [7, 11) is 0. The van der Waals surface area contributed by atoms with Crippen molar-refractivity contribution in [3.05, 3.63) is 29.6 Å². The number of rotatable bonds is 2. The van der Waals surface area contributed by atoms with Gasteiger partial charge in [0.1, 0.15) is 0 Å². The molecule has 1 rings (SSSR count). The highest BCUT2D eigenvalue weighted by Gasteiger charge is 2.02. The Morgan fingerprint density at radius 2 is 2.00 bits per heavy atom. The summed E-state index contributed by atoms with van der Waals surface area (Å²) in [5.41, 5.74) is 7.94. The minimum Gasteiger partial charge on any atom is -0.323 e. The lowest BCUT2D eigenvalue weighted by molar-refractivity contribution is 0.675. The Morgan fingerprint density at radius 3 is 2.38 bits per heavy atom. The zero-order chi connectivity index (χ0) is 8.27. The Balaban J connectivity index is 0. The summed E-state index contributed by atoms with van der Waals surface area (Å²) in [6.07, 6.45) is 2.79. The number of pyridine rings is 1. The Morgan fingerprint density at radius 1 is 1.38 bits per heavy atom. The second-order valence-corrected chi connectivity index (χ2v) is 2.78. The van der Waals surface area contributed by atoms with Crippen molar-refractivity contribution in [1.29, 1.82) is 0 Å². The van der Waals surface area contributed by atoms with Crippen molar-refractivity contribution in [1.82, 2.24) is 4.98 Å². The first-order chi connectivity index (χ1) is 5.24. The molecular formula is C9H16Cl2N2. The molecule has 2 N–H and O–H groups in total. The molecule has 4 heteroatoms. The third kappa shape index (κ3) is 4.46. The van der Waals surface area contributed by atoms with Crippen molar-refractivity contribution in [3.8, 4) is 0 Å². The Kier molecular flexibility index (Phi) is 8.32. The second-order valence-electron chi connectivity index (χ2n) is 2.78. The van der Waals surface area contributed by atoms with Crippen molar-refractivity contribution in [2.24, 2.45) is 5.73 Å². The first-order valence-corrected chi connectivity index (χ1v) is 3.92. The van der Waals surface area contributed by atoms with Crippen molar-refractivity contribution < 1.29 is 0 Å². The molecule has 13 heavy (non-hydrogen) atoms. The largest absolute Gasteiger partial charge is 0.323 e. The van der Waals surface area contributed by atoms with E-state index in [1.165, 1.54) is 5.56 Å². The monoisotopic (exact) mass is 222 g/mol. The average molecular weight is 223 g/mol. The third-order valence-corrected chi connectivity index (χ3v) is 1.75. The predicted octanol–water partition coefficient (Wildman–Crippen LogP) is 2.64. The maximum Gasteiger partial charge on any atom is 0.0571 e. The van der Waals surface area contributed by atoms with Gasteiger partial charge in [0.2, 0.25) is 0 Å². The van der Waals surface area contributed by atoms with Crippen LogP contribution in [0.5, 0.6) is 0 Å². The van der Waals surface area contributed by atoms with E-state index in [0.29, 0.717) is 0 Å². The molecule has 1 atom stereocenters. The summed E-state index contributed by atoms with van der Waals surface area (Å²) in [5, 5.41) is 0. The Hall–Kier alpha value is -0.310. The van der Waals surface area contributed by atoms with Crippen LogP contribution in [0, 0.1) is 6.92 Å². The highest BCUT2D eigenvalue weighted by Crippen LogP contribution is 2.10. The lowest BCUT2D eigenvalue weighted by Crippen LogP contribution is -2.10. The Labute approximate surface area is 91.8 Å². The van der Waals surface area contributed by atoms with Gasteiger partial charge in [0.05, 0.1) is 5.69 Å². The molecular weight excluding hydrogens is 207 g/mol. The number of aromatic nitrogens is 1. The lowest BCUT2D eigenvalue weighted by Gasteiger charge is -2.06. The smallest absolute Gasteiger partial charge is 0.0571 e. The zero-order valence-corrected chi connectivity index (χ0v) is 9.49. The summed E-state index contributed by atoms with van der Waals surface area (Å²) < 4.78 is 0. The molecule has 0 saturated carbocycles.